The topological polar surface area (TPSA) is 273 Å². The molecule has 2 saturated heterocycles. The van der Waals surface area contributed by atoms with Crippen LogP contribution in [0.15, 0.2) is 0 Å². The van der Waals surface area contributed by atoms with Crippen molar-refractivity contribution in [1.82, 2.24) is 47.4 Å². The first-order valence-corrected chi connectivity index (χ1v) is 21.9. The van der Waals surface area contributed by atoms with Crippen molar-refractivity contribution >= 4 is 53.2 Å². The molecule has 0 aromatic heterocycles. The Balaban J connectivity index is 2.59. The number of hydrogen-bond acceptors (Lipinski definition) is 10. The number of carbonyl (C=O) groups excluding carboxylic acids is 9. The van der Waals surface area contributed by atoms with Crippen LogP contribution in [-0.2, 0) is 43.2 Å². The standard InChI is InChI=1S/C42H73N9O10/c1-11-25(9)34-40(59)47-28(17-23(5)6)37(56)43-19-32(53)45-30(21-52)42(61)51-15-13-14-31(51)39(58)50-35(26(10)12-2)41(60)48-29(18-24(7)8)38(57)46-27(16-22(3)4)36(55)44-20-33(54)49-34/h22-31,34-35,52H,11-21H2,1-10H3,(H,43,56)(H,44,55)(H,45,53)(H,46,57)(H,47,59)(H,48,60)(H,49,54)(H,50,58). The van der Waals surface area contributed by atoms with E-state index in [1.807, 2.05) is 55.4 Å². The second-order valence-corrected chi connectivity index (χ2v) is 17.8. The van der Waals surface area contributed by atoms with E-state index in [-0.39, 0.29) is 50.0 Å². The second kappa shape index (κ2) is 25.2. The Bertz CT molecular complexity index is 1560. The van der Waals surface area contributed by atoms with Gasteiger partial charge < -0.3 is 52.5 Å². The quantitative estimate of drug-likeness (QED) is 0.127. The Labute approximate surface area is 360 Å². The number of nitrogens with zero attached hydrogens (tertiary/aromatic N) is 1. The van der Waals surface area contributed by atoms with Crippen LogP contribution in [0, 0.1) is 29.6 Å². The van der Waals surface area contributed by atoms with Gasteiger partial charge in [0.1, 0.15) is 42.3 Å². The van der Waals surface area contributed by atoms with Gasteiger partial charge in [-0.25, -0.2) is 0 Å². The van der Waals surface area contributed by atoms with Crippen LogP contribution < -0.4 is 42.5 Å². The van der Waals surface area contributed by atoms with Crippen molar-refractivity contribution in [3.8, 4) is 0 Å². The predicted molar refractivity (Wildman–Crippen MR) is 227 cm³/mol. The summed E-state index contributed by atoms with van der Waals surface area (Å²) in [5.41, 5.74) is 0. The van der Waals surface area contributed by atoms with E-state index >= 15 is 0 Å². The summed E-state index contributed by atoms with van der Waals surface area (Å²) >= 11 is 0. The molecule has 2 aliphatic heterocycles. The van der Waals surface area contributed by atoms with Gasteiger partial charge in [-0.2, -0.15) is 0 Å². The highest BCUT2D eigenvalue weighted by molar-refractivity contribution is 5.98. The van der Waals surface area contributed by atoms with Gasteiger partial charge in [-0.3, -0.25) is 43.2 Å². The molecule has 9 N–H and O–H groups in total. The molecule has 9 unspecified atom stereocenters. The van der Waals surface area contributed by atoms with E-state index in [0.717, 1.165) is 0 Å². The highest BCUT2D eigenvalue weighted by Crippen LogP contribution is 2.20. The molecule has 2 rings (SSSR count). The molecule has 9 atom stereocenters. The third kappa shape index (κ3) is 16.5. The average Bonchev–Trinajstić information content (AvgIpc) is 3.70. The molecule has 0 aliphatic carbocycles. The summed E-state index contributed by atoms with van der Waals surface area (Å²) in [6, 6.07) is -8.06. The van der Waals surface area contributed by atoms with Crippen molar-refractivity contribution < 1.29 is 48.3 Å². The van der Waals surface area contributed by atoms with E-state index in [1.54, 1.807) is 13.8 Å². The molecule has 346 valence electrons. The summed E-state index contributed by atoms with van der Waals surface area (Å²) in [6.07, 6.45) is 2.16. The number of fused-ring (bicyclic) bond motifs is 1. The van der Waals surface area contributed by atoms with E-state index in [2.05, 4.69) is 42.5 Å². The van der Waals surface area contributed by atoms with Crippen molar-refractivity contribution in [2.24, 2.45) is 29.6 Å². The van der Waals surface area contributed by atoms with E-state index in [4.69, 9.17) is 0 Å². The summed E-state index contributed by atoms with van der Waals surface area (Å²) in [6.45, 7) is 16.4. The molecule has 9 amide bonds. The zero-order valence-corrected chi connectivity index (χ0v) is 37.8. The zero-order chi connectivity index (χ0) is 46.1. The Morgan fingerprint density at radius 3 is 1.36 bits per heavy atom. The van der Waals surface area contributed by atoms with Crippen LogP contribution in [-0.4, -0.2) is 132 Å². The lowest BCUT2D eigenvalue weighted by molar-refractivity contribution is -0.143. The summed E-state index contributed by atoms with van der Waals surface area (Å²) in [5.74, 6) is -7.24. The van der Waals surface area contributed by atoms with Gasteiger partial charge in [0.2, 0.25) is 53.2 Å². The van der Waals surface area contributed by atoms with E-state index < -0.39 is 127 Å². The summed E-state index contributed by atoms with van der Waals surface area (Å²) in [5, 5.41) is 31.3. The van der Waals surface area contributed by atoms with Crippen molar-refractivity contribution in [3.63, 3.8) is 0 Å². The first kappa shape index (κ1) is 52.3. The number of aliphatic hydroxyl groups excluding tert-OH is 1. The highest BCUT2D eigenvalue weighted by atomic mass is 16.3. The Hall–Kier alpha value is -4.81. The Morgan fingerprint density at radius 1 is 0.525 bits per heavy atom. The maximum atomic E-state index is 14.0. The fourth-order valence-corrected chi connectivity index (χ4v) is 7.30. The number of carbonyl (C=O) groups is 9. The number of amides is 9. The molecular formula is C42H73N9O10. The molecular weight excluding hydrogens is 791 g/mol. The Kier molecular flexibility index (Phi) is 21.6. The summed E-state index contributed by atoms with van der Waals surface area (Å²) < 4.78 is 0. The molecule has 19 nitrogen and oxygen atoms in total. The SMILES string of the molecule is CCC(C)C1NC(=O)CNC(=O)C(CC(C)C)NC(=O)C(CC(C)C)NC(=O)C(C(C)CC)NC(=O)C2CCCN2C(=O)C(CO)NC(=O)CNC(=O)C(CC(C)C)NC1=O. The highest BCUT2D eigenvalue weighted by Gasteiger charge is 2.40. The number of hydrogen-bond donors (Lipinski definition) is 9. The molecule has 2 heterocycles. The van der Waals surface area contributed by atoms with Gasteiger partial charge in [0, 0.05) is 6.54 Å². The summed E-state index contributed by atoms with van der Waals surface area (Å²) in [7, 11) is 0. The molecule has 0 aromatic carbocycles. The van der Waals surface area contributed by atoms with Gasteiger partial charge in [-0.05, 0) is 61.7 Å². The van der Waals surface area contributed by atoms with E-state index in [1.165, 1.54) is 4.90 Å². The average molecular weight is 864 g/mol. The number of rotatable bonds is 11. The maximum absolute atomic E-state index is 14.0. The van der Waals surface area contributed by atoms with Crippen LogP contribution in [0.1, 0.15) is 114 Å². The van der Waals surface area contributed by atoms with Gasteiger partial charge in [0.25, 0.3) is 0 Å². The van der Waals surface area contributed by atoms with Crippen LogP contribution in [0.4, 0.5) is 0 Å². The molecule has 0 bridgehead atoms. The Morgan fingerprint density at radius 2 is 0.934 bits per heavy atom. The monoisotopic (exact) mass is 864 g/mol. The minimum absolute atomic E-state index is 0.0734. The van der Waals surface area contributed by atoms with Gasteiger partial charge in [-0.1, -0.05) is 82.1 Å². The first-order chi connectivity index (χ1) is 28.6. The lowest BCUT2D eigenvalue weighted by atomic mass is 9.96. The van der Waals surface area contributed by atoms with Crippen LogP contribution in [0.5, 0.6) is 0 Å². The number of aliphatic hydroxyl groups is 1. The minimum atomic E-state index is -1.46. The molecule has 0 spiro atoms. The second-order valence-electron chi connectivity index (χ2n) is 17.8. The molecule has 2 fully saturated rings. The van der Waals surface area contributed by atoms with Crippen molar-refractivity contribution in [3.05, 3.63) is 0 Å². The van der Waals surface area contributed by atoms with Crippen LogP contribution in [0.2, 0.25) is 0 Å². The van der Waals surface area contributed by atoms with E-state index in [0.29, 0.717) is 19.3 Å². The van der Waals surface area contributed by atoms with Crippen LogP contribution >= 0.6 is 0 Å². The third-order valence-electron chi connectivity index (χ3n) is 11.1. The van der Waals surface area contributed by atoms with E-state index in [9.17, 15) is 48.3 Å². The van der Waals surface area contributed by atoms with Crippen molar-refractivity contribution in [2.45, 2.75) is 156 Å². The van der Waals surface area contributed by atoms with Crippen molar-refractivity contribution in [1.29, 1.82) is 0 Å². The van der Waals surface area contributed by atoms with Gasteiger partial charge >= 0.3 is 0 Å². The summed E-state index contributed by atoms with van der Waals surface area (Å²) in [4.78, 5) is 124. The molecule has 0 saturated carbocycles. The van der Waals surface area contributed by atoms with Gasteiger partial charge in [0.05, 0.1) is 19.7 Å². The predicted octanol–water partition coefficient (Wildman–Crippen LogP) is -0.645. The molecule has 2 aliphatic rings. The molecule has 61 heavy (non-hydrogen) atoms. The smallest absolute Gasteiger partial charge is 0.248 e. The largest absolute Gasteiger partial charge is 0.394 e. The maximum Gasteiger partial charge on any atom is 0.248 e. The normalized spacial score (nSPS) is 27.5. The van der Waals surface area contributed by atoms with Crippen molar-refractivity contribution in [2.75, 3.05) is 26.2 Å². The van der Waals surface area contributed by atoms with Crippen LogP contribution in [0.3, 0.4) is 0 Å². The lowest BCUT2D eigenvalue weighted by Gasteiger charge is -2.31. The fourth-order valence-electron chi connectivity index (χ4n) is 7.30. The lowest BCUT2D eigenvalue weighted by Crippen LogP contribution is -2.60. The van der Waals surface area contributed by atoms with Gasteiger partial charge in [-0.15, -0.1) is 0 Å². The first-order valence-electron chi connectivity index (χ1n) is 21.9. The van der Waals surface area contributed by atoms with Crippen LogP contribution in [0.25, 0.3) is 0 Å². The fraction of sp³-hybridized carbons (Fsp3) is 0.786. The third-order valence-corrected chi connectivity index (χ3v) is 11.1. The molecule has 19 heteroatoms. The zero-order valence-electron chi connectivity index (χ0n) is 37.8. The number of nitrogens with one attached hydrogen (secondary N) is 8. The minimum Gasteiger partial charge on any atom is -0.394 e. The molecule has 0 aromatic rings. The molecule has 0 radical (unpaired) electrons. The van der Waals surface area contributed by atoms with Gasteiger partial charge in [0.15, 0.2) is 0 Å².